The van der Waals surface area contributed by atoms with Gasteiger partial charge in [0, 0.05) is 44.0 Å². The van der Waals surface area contributed by atoms with E-state index in [1.807, 2.05) is 17.2 Å². The molecule has 0 saturated carbocycles. The van der Waals surface area contributed by atoms with Crippen LogP contribution in [0, 0.1) is 0 Å². The molecule has 7 nitrogen and oxygen atoms in total. The predicted octanol–water partition coefficient (Wildman–Crippen LogP) is 1.72. The molecule has 0 unspecified atom stereocenters. The first-order valence-electron chi connectivity index (χ1n) is 8.04. The Balaban J connectivity index is 1.65. The van der Waals surface area contributed by atoms with Crippen LogP contribution in [0.2, 0.25) is 0 Å². The van der Waals surface area contributed by atoms with Crippen LogP contribution in [0.25, 0.3) is 0 Å². The largest absolute Gasteiger partial charge is 0.377 e. The molecule has 1 fully saturated rings. The van der Waals surface area contributed by atoms with E-state index in [1.54, 1.807) is 12.4 Å². The number of aromatic nitrogens is 4. The number of rotatable bonds is 5. The van der Waals surface area contributed by atoms with Crippen molar-refractivity contribution in [2.24, 2.45) is 0 Å². The van der Waals surface area contributed by atoms with Crippen molar-refractivity contribution in [1.82, 2.24) is 24.6 Å². The topological polar surface area (TPSA) is 76.0 Å². The number of amides is 1. The molecule has 0 aromatic carbocycles. The van der Waals surface area contributed by atoms with Crippen LogP contribution in [0.1, 0.15) is 43.7 Å². The Morgan fingerprint density at radius 1 is 1.48 bits per heavy atom. The Morgan fingerprint density at radius 3 is 3.09 bits per heavy atom. The van der Waals surface area contributed by atoms with Gasteiger partial charge in [0.15, 0.2) is 0 Å². The van der Waals surface area contributed by atoms with E-state index in [-0.39, 0.29) is 11.9 Å². The Kier molecular flexibility index (Phi) is 4.76. The molecular formula is C16H23N5O2. The predicted molar refractivity (Wildman–Crippen MR) is 84.8 cm³/mol. The van der Waals surface area contributed by atoms with E-state index in [2.05, 4.69) is 33.6 Å². The summed E-state index contributed by atoms with van der Waals surface area (Å²) in [5.41, 5.74) is 0.920. The highest BCUT2D eigenvalue weighted by atomic mass is 16.5. The zero-order valence-corrected chi connectivity index (χ0v) is 13.6. The number of hydrogen-bond acceptors (Lipinski definition) is 4. The minimum atomic E-state index is -0.0777. The molecule has 3 rings (SSSR count). The molecule has 1 amide bonds. The van der Waals surface area contributed by atoms with Crippen molar-refractivity contribution in [3.63, 3.8) is 0 Å². The van der Waals surface area contributed by atoms with Gasteiger partial charge in [-0.2, -0.15) is 5.10 Å². The third-order valence-corrected chi connectivity index (χ3v) is 4.16. The van der Waals surface area contributed by atoms with Crippen LogP contribution in [0.3, 0.4) is 0 Å². The van der Waals surface area contributed by atoms with E-state index in [9.17, 15) is 4.79 Å². The van der Waals surface area contributed by atoms with Gasteiger partial charge in [0.25, 0.3) is 0 Å². The molecule has 1 atom stereocenters. The van der Waals surface area contributed by atoms with E-state index in [4.69, 9.17) is 4.74 Å². The van der Waals surface area contributed by atoms with E-state index in [1.165, 1.54) is 0 Å². The number of carbonyl (C=O) groups is 1. The monoisotopic (exact) mass is 317 g/mol. The maximum atomic E-state index is 12.7. The molecule has 1 N–H and O–H groups in total. The van der Waals surface area contributed by atoms with Crippen molar-refractivity contribution in [1.29, 1.82) is 0 Å². The lowest BCUT2D eigenvalue weighted by Gasteiger charge is -2.35. The minimum absolute atomic E-state index is 0.0777. The van der Waals surface area contributed by atoms with Crippen molar-refractivity contribution in [2.75, 3.05) is 19.8 Å². The highest BCUT2D eigenvalue weighted by Crippen LogP contribution is 2.23. The fourth-order valence-corrected chi connectivity index (χ4v) is 2.98. The molecule has 23 heavy (non-hydrogen) atoms. The van der Waals surface area contributed by atoms with E-state index in [0.29, 0.717) is 38.6 Å². The summed E-state index contributed by atoms with van der Waals surface area (Å²) in [6, 6.07) is 1.82. The summed E-state index contributed by atoms with van der Waals surface area (Å²) in [6.45, 7) is 6.58. The third-order valence-electron chi connectivity index (χ3n) is 4.16. The molecule has 1 saturated heterocycles. The average Bonchev–Trinajstić information content (AvgIpc) is 3.23. The highest BCUT2D eigenvalue weighted by Gasteiger charge is 2.29. The van der Waals surface area contributed by atoms with E-state index >= 15 is 0 Å². The summed E-state index contributed by atoms with van der Waals surface area (Å²) in [4.78, 5) is 18.9. The van der Waals surface area contributed by atoms with Gasteiger partial charge in [-0.3, -0.25) is 9.89 Å². The van der Waals surface area contributed by atoms with Crippen LogP contribution in [-0.2, 0) is 16.1 Å². The average molecular weight is 317 g/mol. The standard InChI is InChI=1S/C16H23N5O2/c1-12(2)16-17-6-8-20(16)7-4-15(22)21-9-10-23-11-14(21)13-3-5-18-19-13/h3,5-6,8,12,14H,4,7,9-11H2,1-2H3,(H,18,19)/t14-/m1/s1. The van der Waals surface area contributed by atoms with Crippen molar-refractivity contribution < 1.29 is 9.53 Å². The number of H-pyrrole nitrogens is 1. The molecule has 1 aliphatic rings. The number of nitrogens with one attached hydrogen (secondary N) is 1. The number of imidazole rings is 1. The van der Waals surface area contributed by atoms with Crippen LogP contribution >= 0.6 is 0 Å². The lowest BCUT2D eigenvalue weighted by atomic mass is 10.1. The second-order valence-corrected chi connectivity index (χ2v) is 6.07. The Hall–Kier alpha value is -2.15. The molecular weight excluding hydrogens is 294 g/mol. The number of morpholine rings is 1. The molecule has 1 aliphatic heterocycles. The number of carbonyl (C=O) groups excluding carboxylic acids is 1. The van der Waals surface area contributed by atoms with Crippen LogP contribution < -0.4 is 0 Å². The Bertz CT molecular complexity index is 635. The van der Waals surface area contributed by atoms with Crippen molar-refractivity contribution in [3.8, 4) is 0 Å². The van der Waals surface area contributed by atoms with Gasteiger partial charge >= 0.3 is 0 Å². The normalized spacial score (nSPS) is 18.6. The summed E-state index contributed by atoms with van der Waals surface area (Å²) in [6.07, 6.45) is 5.89. The fourth-order valence-electron chi connectivity index (χ4n) is 2.98. The molecule has 2 aromatic heterocycles. The number of ether oxygens (including phenoxy) is 1. The van der Waals surface area contributed by atoms with Crippen molar-refractivity contribution in [2.45, 2.75) is 38.8 Å². The second-order valence-electron chi connectivity index (χ2n) is 6.07. The molecule has 3 heterocycles. The molecule has 0 aliphatic carbocycles. The van der Waals surface area contributed by atoms with Crippen LogP contribution in [-0.4, -0.2) is 50.3 Å². The quantitative estimate of drug-likeness (QED) is 0.911. The lowest BCUT2D eigenvalue weighted by Crippen LogP contribution is -2.43. The first kappa shape index (κ1) is 15.7. The summed E-state index contributed by atoms with van der Waals surface area (Å²) in [5.74, 6) is 1.50. The maximum absolute atomic E-state index is 12.7. The highest BCUT2D eigenvalue weighted by molar-refractivity contribution is 5.76. The summed E-state index contributed by atoms with van der Waals surface area (Å²) >= 11 is 0. The SMILES string of the molecule is CC(C)c1nccn1CCC(=O)N1CCOC[C@@H]1c1ccn[nH]1. The molecule has 0 spiro atoms. The van der Waals surface area contributed by atoms with E-state index in [0.717, 1.165) is 11.5 Å². The number of hydrogen-bond donors (Lipinski definition) is 1. The maximum Gasteiger partial charge on any atom is 0.225 e. The first-order chi connectivity index (χ1) is 11.2. The van der Waals surface area contributed by atoms with E-state index < -0.39 is 0 Å². The number of aryl methyl sites for hydroxylation is 1. The van der Waals surface area contributed by atoms with Gasteiger partial charge in [0.1, 0.15) is 5.82 Å². The fraction of sp³-hybridized carbons (Fsp3) is 0.562. The van der Waals surface area contributed by atoms with Crippen molar-refractivity contribution >= 4 is 5.91 Å². The van der Waals surface area contributed by atoms with Gasteiger partial charge in [-0.1, -0.05) is 13.8 Å². The molecule has 7 heteroatoms. The van der Waals surface area contributed by atoms with Gasteiger partial charge in [-0.15, -0.1) is 0 Å². The van der Waals surface area contributed by atoms with Crippen molar-refractivity contribution in [3.05, 3.63) is 36.2 Å². The van der Waals surface area contributed by atoms with Crippen LogP contribution in [0.5, 0.6) is 0 Å². The lowest BCUT2D eigenvalue weighted by molar-refractivity contribution is -0.140. The van der Waals surface area contributed by atoms with Gasteiger partial charge < -0.3 is 14.2 Å². The molecule has 124 valence electrons. The minimum Gasteiger partial charge on any atom is -0.377 e. The first-order valence-corrected chi connectivity index (χ1v) is 8.04. The Morgan fingerprint density at radius 2 is 2.35 bits per heavy atom. The molecule has 0 radical (unpaired) electrons. The zero-order valence-electron chi connectivity index (χ0n) is 13.6. The van der Waals surface area contributed by atoms with Gasteiger partial charge in [0.05, 0.1) is 24.9 Å². The Labute approximate surface area is 135 Å². The molecule has 2 aromatic rings. The number of aromatic amines is 1. The summed E-state index contributed by atoms with van der Waals surface area (Å²) in [5, 5.41) is 6.92. The van der Waals surface area contributed by atoms with Crippen LogP contribution in [0.15, 0.2) is 24.7 Å². The smallest absolute Gasteiger partial charge is 0.225 e. The van der Waals surface area contributed by atoms with Gasteiger partial charge in [-0.05, 0) is 6.07 Å². The zero-order chi connectivity index (χ0) is 16.2. The van der Waals surface area contributed by atoms with Gasteiger partial charge in [-0.25, -0.2) is 4.98 Å². The van der Waals surface area contributed by atoms with Gasteiger partial charge in [0.2, 0.25) is 5.91 Å². The number of nitrogens with zero attached hydrogens (tertiary/aromatic N) is 4. The third kappa shape index (κ3) is 3.44. The second kappa shape index (κ2) is 6.95. The summed E-state index contributed by atoms with van der Waals surface area (Å²) < 4.78 is 7.59. The summed E-state index contributed by atoms with van der Waals surface area (Å²) in [7, 11) is 0. The van der Waals surface area contributed by atoms with Crippen LogP contribution in [0.4, 0.5) is 0 Å². The molecule has 0 bridgehead atoms.